The van der Waals surface area contributed by atoms with E-state index < -0.39 is 5.60 Å². The molecule has 1 fully saturated rings. The van der Waals surface area contributed by atoms with Crippen LogP contribution in [-0.4, -0.2) is 41.6 Å². The predicted octanol–water partition coefficient (Wildman–Crippen LogP) is 4.96. The molecule has 2 aliphatic rings. The Morgan fingerprint density at radius 3 is 2.70 bits per heavy atom. The van der Waals surface area contributed by atoms with Gasteiger partial charge in [-0.05, 0) is 49.7 Å². The third-order valence-electron chi connectivity index (χ3n) is 6.51. The van der Waals surface area contributed by atoms with E-state index in [0.717, 1.165) is 41.4 Å². The standard InChI is InChI=1S/C26H26ClN3O3/c1-16-21(12-18-4-6-19(27)7-5-18)25(29-17(2)28-16)30-11-10-26(15-30)14-23(31)22-13-20(32-3)8-9-24(22)33-26/h4-9,13H,10-12,14-15H2,1-3H3. The molecule has 3 heterocycles. The van der Waals surface area contributed by atoms with Crippen LogP contribution in [0.25, 0.3) is 0 Å². The van der Waals surface area contributed by atoms with E-state index in [0.29, 0.717) is 41.5 Å². The largest absolute Gasteiger partial charge is 0.497 e. The Hall–Kier alpha value is -3.12. The Balaban J connectivity index is 1.44. The summed E-state index contributed by atoms with van der Waals surface area (Å²) in [5.74, 6) is 3.04. The van der Waals surface area contributed by atoms with Crippen LogP contribution in [0, 0.1) is 13.8 Å². The lowest BCUT2D eigenvalue weighted by Crippen LogP contribution is -2.44. The van der Waals surface area contributed by atoms with E-state index in [1.807, 2.05) is 50.2 Å². The summed E-state index contributed by atoms with van der Waals surface area (Å²) < 4.78 is 11.7. The molecule has 1 saturated heterocycles. The molecule has 1 aromatic heterocycles. The van der Waals surface area contributed by atoms with Crippen molar-refractivity contribution in [1.82, 2.24) is 9.97 Å². The molecule has 170 valence electrons. The molecule has 0 amide bonds. The zero-order valence-electron chi connectivity index (χ0n) is 19.0. The summed E-state index contributed by atoms with van der Waals surface area (Å²) in [6.07, 6.45) is 1.82. The molecule has 1 spiro atoms. The molecule has 0 bridgehead atoms. The number of halogens is 1. The first-order chi connectivity index (χ1) is 15.9. The van der Waals surface area contributed by atoms with E-state index in [1.165, 1.54) is 0 Å². The number of methoxy groups -OCH3 is 1. The number of nitrogens with zero attached hydrogens (tertiary/aromatic N) is 3. The zero-order valence-corrected chi connectivity index (χ0v) is 19.8. The minimum Gasteiger partial charge on any atom is -0.497 e. The van der Waals surface area contributed by atoms with Crippen molar-refractivity contribution in [3.8, 4) is 11.5 Å². The molecule has 6 nitrogen and oxygen atoms in total. The number of rotatable bonds is 4. The van der Waals surface area contributed by atoms with Gasteiger partial charge in [0.1, 0.15) is 28.7 Å². The van der Waals surface area contributed by atoms with Crippen molar-refractivity contribution in [2.24, 2.45) is 0 Å². The maximum atomic E-state index is 13.0. The number of ketones is 1. The first-order valence-corrected chi connectivity index (χ1v) is 11.5. The van der Waals surface area contributed by atoms with Crippen LogP contribution in [-0.2, 0) is 6.42 Å². The van der Waals surface area contributed by atoms with Crippen LogP contribution >= 0.6 is 11.6 Å². The SMILES string of the molecule is COc1ccc2c(c1)C(=O)CC1(CCN(c3nc(C)nc(C)c3Cc3ccc(Cl)cc3)C1)O2. The number of anilines is 1. The van der Waals surface area contributed by atoms with Crippen LogP contribution in [0.1, 0.15) is 45.8 Å². The number of aryl methyl sites for hydroxylation is 2. The fraction of sp³-hybridized carbons (Fsp3) is 0.346. The smallest absolute Gasteiger partial charge is 0.170 e. The molecule has 1 unspecified atom stereocenters. The van der Waals surface area contributed by atoms with Crippen LogP contribution in [0.15, 0.2) is 42.5 Å². The van der Waals surface area contributed by atoms with E-state index in [-0.39, 0.29) is 5.78 Å². The van der Waals surface area contributed by atoms with Gasteiger partial charge in [-0.3, -0.25) is 4.79 Å². The lowest BCUT2D eigenvalue weighted by Gasteiger charge is -2.35. The number of ether oxygens (including phenoxy) is 2. The van der Waals surface area contributed by atoms with Crippen molar-refractivity contribution in [3.63, 3.8) is 0 Å². The summed E-state index contributed by atoms with van der Waals surface area (Å²) in [7, 11) is 1.60. The Morgan fingerprint density at radius 1 is 1.15 bits per heavy atom. The van der Waals surface area contributed by atoms with Crippen LogP contribution < -0.4 is 14.4 Å². The Bertz CT molecular complexity index is 1230. The van der Waals surface area contributed by atoms with Gasteiger partial charge in [0.25, 0.3) is 0 Å². The van der Waals surface area contributed by atoms with Gasteiger partial charge in [-0.15, -0.1) is 0 Å². The molecular weight excluding hydrogens is 438 g/mol. The minimum absolute atomic E-state index is 0.0911. The maximum absolute atomic E-state index is 13.0. The molecule has 0 saturated carbocycles. The van der Waals surface area contributed by atoms with Crippen molar-refractivity contribution >= 4 is 23.2 Å². The van der Waals surface area contributed by atoms with Gasteiger partial charge in [-0.1, -0.05) is 23.7 Å². The lowest BCUT2D eigenvalue weighted by molar-refractivity contribution is 0.0537. The summed E-state index contributed by atoms with van der Waals surface area (Å²) >= 11 is 6.07. The average Bonchev–Trinajstić information content (AvgIpc) is 3.19. The number of hydrogen-bond acceptors (Lipinski definition) is 6. The molecule has 5 rings (SSSR count). The van der Waals surface area contributed by atoms with Crippen LogP contribution in [0.5, 0.6) is 11.5 Å². The summed E-state index contributed by atoms with van der Waals surface area (Å²) in [6, 6.07) is 13.3. The van der Waals surface area contributed by atoms with Crippen LogP contribution in [0.4, 0.5) is 5.82 Å². The van der Waals surface area contributed by atoms with Gasteiger partial charge in [-0.2, -0.15) is 0 Å². The van der Waals surface area contributed by atoms with Gasteiger partial charge >= 0.3 is 0 Å². The highest BCUT2D eigenvalue weighted by Crippen LogP contribution is 2.41. The van der Waals surface area contributed by atoms with E-state index in [9.17, 15) is 4.79 Å². The molecule has 2 aromatic carbocycles. The first kappa shape index (κ1) is 21.7. The molecular formula is C26H26ClN3O3. The molecule has 0 aliphatic carbocycles. The molecule has 33 heavy (non-hydrogen) atoms. The maximum Gasteiger partial charge on any atom is 0.170 e. The highest BCUT2D eigenvalue weighted by molar-refractivity contribution is 6.30. The Labute approximate surface area is 198 Å². The minimum atomic E-state index is -0.553. The fourth-order valence-electron chi connectivity index (χ4n) is 4.85. The highest BCUT2D eigenvalue weighted by Gasteiger charge is 2.46. The van der Waals surface area contributed by atoms with Crippen LogP contribution in [0.3, 0.4) is 0 Å². The predicted molar refractivity (Wildman–Crippen MR) is 128 cm³/mol. The fourth-order valence-corrected chi connectivity index (χ4v) is 4.97. The third-order valence-corrected chi connectivity index (χ3v) is 6.76. The number of fused-ring (bicyclic) bond motifs is 1. The van der Waals surface area contributed by atoms with Crippen molar-refractivity contribution in [3.05, 3.63) is 75.7 Å². The van der Waals surface area contributed by atoms with Crippen molar-refractivity contribution < 1.29 is 14.3 Å². The molecule has 1 atom stereocenters. The van der Waals surface area contributed by atoms with Gasteiger partial charge in [0.05, 0.1) is 25.6 Å². The molecule has 0 N–H and O–H groups in total. The summed E-state index contributed by atoms with van der Waals surface area (Å²) in [5.41, 5.74) is 3.24. The second-order valence-electron chi connectivity index (χ2n) is 8.88. The number of benzene rings is 2. The topological polar surface area (TPSA) is 64.5 Å². The number of hydrogen-bond donors (Lipinski definition) is 0. The molecule has 2 aliphatic heterocycles. The van der Waals surface area contributed by atoms with Crippen molar-refractivity contribution in [2.45, 2.75) is 38.7 Å². The van der Waals surface area contributed by atoms with Crippen LogP contribution in [0.2, 0.25) is 5.02 Å². The normalized spacial score (nSPS) is 19.5. The van der Waals surface area contributed by atoms with E-state index >= 15 is 0 Å². The van der Waals surface area contributed by atoms with Gasteiger partial charge < -0.3 is 14.4 Å². The van der Waals surface area contributed by atoms with E-state index in [1.54, 1.807) is 13.2 Å². The molecule has 3 aromatic rings. The van der Waals surface area contributed by atoms with Gasteiger partial charge in [-0.25, -0.2) is 9.97 Å². The van der Waals surface area contributed by atoms with E-state index in [2.05, 4.69) is 9.88 Å². The second-order valence-corrected chi connectivity index (χ2v) is 9.32. The van der Waals surface area contributed by atoms with Gasteiger partial charge in [0.2, 0.25) is 0 Å². The van der Waals surface area contributed by atoms with E-state index in [4.69, 9.17) is 26.1 Å². The summed E-state index contributed by atoms with van der Waals surface area (Å²) in [5, 5.41) is 0.717. The number of Topliss-reactive ketones (excluding diaryl/α,β-unsaturated/α-hetero) is 1. The summed E-state index contributed by atoms with van der Waals surface area (Å²) in [4.78, 5) is 24.7. The average molecular weight is 464 g/mol. The molecule has 0 radical (unpaired) electrons. The summed E-state index contributed by atoms with van der Waals surface area (Å²) in [6.45, 7) is 5.31. The number of aromatic nitrogens is 2. The quantitative estimate of drug-likeness (QED) is 0.544. The monoisotopic (exact) mass is 463 g/mol. The van der Waals surface area contributed by atoms with Gasteiger partial charge in [0.15, 0.2) is 5.78 Å². The number of carbonyl (C=O) groups excluding carboxylic acids is 1. The van der Waals surface area contributed by atoms with Crippen molar-refractivity contribution in [1.29, 1.82) is 0 Å². The Kier molecular flexibility index (Phi) is 5.49. The van der Waals surface area contributed by atoms with Crippen molar-refractivity contribution in [2.75, 3.05) is 25.1 Å². The third kappa shape index (κ3) is 4.15. The number of carbonyl (C=O) groups is 1. The highest BCUT2D eigenvalue weighted by atomic mass is 35.5. The first-order valence-electron chi connectivity index (χ1n) is 11.1. The Morgan fingerprint density at radius 2 is 1.94 bits per heavy atom. The zero-order chi connectivity index (χ0) is 23.2. The lowest BCUT2D eigenvalue weighted by atomic mass is 9.89. The second kappa shape index (κ2) is 8.34. The molecule has 7 heteroatoms. The van der Waals surface area contributed by atoms with Gasteiger partial charge in [0, 0.05) is 35.7 Å².